The molecule has 0 aliphatic rings. The molecule has 0 saturated heterocycles. The molecule has 15 heavy (non-hydrogen) atoms. The Bertz CT molecular complexity index is 398. The third kappa shape index (κ3) is 2.80. The first-order chi connectivity index (χ1) is 7.02. The van der Waals surface area contributed by atoms with Gasteiger partial charge in [0.1, 0.15) is 0 Å². The molecule has 0 N–H and O–H groups in total. The maximum Gasteiger partial charge on any atom is 0.279 e. The van der Waals surface area contributed by atoms with Crippen molar-refractivity contribution in [2.45, 2.75) is 6.92 Å². The van der Waals surface area contributed by atoms with Gasteiger partial charge in [-0.15, -0.1) is 0 Å². The van der Waals surface area contributed by atoms with E-state index in [0.717, 1.165) is 0 Å². The highest BCUT2D eigenvalue weighted by Crippen LogP contribution is 2.23. The minimum Gasteiger partial charge on any atom is -0.383 e. The Balaban J connectivity index is 3.17. The number of hydrogen-bond donors (Lipinski definition) is 0. The van der Waals surface area contributed by atoms with Crippen molar-refractivity contribution in [1.82, 2.24) is 4.90 Å². The monoisotopic (exact) mass is 206 g/mol. The van der Waals surface area contributed by atoms with Gasteiger partial charge in [-0.2, -0.15) is 0 Å². The summed E-state index contributed by atoms with van der Waals surface area (Å²) in [7, 11) is 3.75. The van der Waals surface area contributed by atoms with Gasteiger partial charge >= 0.3 is 0 Å². The van der Waals surface area contributed by atoms with Crippen molar-refractivity contribution in [3.05, 3.63) is 45.6 Å². The second-order valence-electron chi connectivity index (χ2n) is 3.55. The van der Waals surface area contributed by atoms with Gasteiger partial charge < -0.3 is 4.90 Å². The summed E-state index contributed by atoms with van der Waals surface area (Å²) in [6.45, 7) is 1.74. The van der Waals surface area contributed by atoms with E-state index in [1.165, 1.54) is 0 Å². The molecule has 0 aliphatic carbocycles. The predicted molar refractivity (Wildman–Crippen MR) is 60.6 cm³/mol. The molecule has 0 fully saturated rings. The van der Waals surface area contributed by atoms with Crippen molar-refractivity contribution in [3.63, 3.8) is 0 Å². The highest BCUT2D eigenvalue weighted by molar-refractivity contribution is 5.63. The molecule has 0 spiro atoms. The maximum absolute atomic E-state index is 10.8. The number of rotatable bonds is 3. The van der Waals surface area contributed by atoms with Gasteiger partial charge in [-0.3, -0.25) is 10.1 Å². The standard InChI is InChI=1S/C11H14N2O2/c1-9-5-4-6-10(7-8-12(2)3)11(9)13(14)15/h4-8H,1-3H3/b8-7+. The fourth-order valence-corrected chi connectivity index (χ4v) is 1.29. The Hall–Kier alpha value is -1.84. The van der Waals surface area contributed by atoms with E-state index in [0.29, 0.717) is 11.1 Å². The lowest BCUT2D eigenvalue weighted by Crippen LogP contribution is -2.00. The van der Waals surface area contributed by atoms with E-state index < -0.39 is 0 Å². The van der Waals surface area contributed by atoms with Crippen molar-refractivity contribution in [2.75, 3.05) is 14.1 Å². The molecule has 0 unspecified atom stereocenters. The van der Waals surface area contributed by atoms with Gasteiger partial charge in [0.15, 0.2) is 0 Å². The SMILES string of the molecule is Cc1cccc(/C=C/N(C)C)c1[N+](=O)[O-]. The van der Waals surface area contributed by atoms with Crippen LogP contribution in [0.1, 0.15) is 11.1 Å². The smallest absolute Gasteiger partial charge is 0.279 e. The maximum atomic E-state index is 10.8. The Morgan fingerprint density at radius 2 is 2.07 bits per heavy atom. The molecule has 0 radical (unpaired) electrons. The van der Waals surface area contributed by atoms with Crippen molar-refractivity contribution in [3.8, 4) is 0 Å². The number of nitrogens with zero attached hydrogens (tertiary/aromatic N) is 2. The number of nitro groups is 1. The molecule has 0 aromatic heterocycles. The van der Waals surface area contributed by atoms with Crippen LogP contribution in [0.3, 0.4) is 0 Å². The highest BCUT2D eigenvalue weighted by Gasteiger charge is 2.14. The molecule has 0 saturated carbocycles. The lowest BCUT2D eigenvalue weighted by atomic mass is 10.1. The largest absolute Gasteiger partial charge is 0.383 e. The molecule has 4 heteroatoms. The summed E-state index contributed by atoms with van der Waals surface area (Å²) in [4.78, 5) is 12.3. The van der Waals surface area contributed by atoms with E-state index in [2.05, 4.69) is 0 Å². The number of para-hydroxylation sites is 1. The van der Waals surface area contributed by atoms with Crippen LogP contribution in [0.25, 0.3) is 6.08 Å². The van der Waals surface area contributed by atoms with Gasteiger partial charge in [-0.1, -0.05) is 12.1 Å². The predicted octanol–water partition coefficient (Wildman–Crippen LogP) is 2.44. The van der Waals surface area contributed by atoms with E-state index in [1.807, 2.05) is 25.1 Å². The zero-order valence-corrected chi connectivity index (χ0v) is 9.10. The molecule has 4 nitrogen and oxygen atoms in total. The molecule has 0 aliphatic heterocycles. The molecule has 0 amide bonds. The molecule has 1 aromatic carbocycles. The zero-order valence-electron chi connectivity index (χ0n) is 9.10. The van der Waals surface area contributed by atoms with Gasteiger partial charge in [-0.05, 0) is 25.3 Å². The zero-order chi connectivity index (χ0) is 11.4. The van der Waals surface area contributed by atoms with Crippen LogP contribution in [0.4, 0.5) is 5.69 Å². The van der Waals surface area contributed by atoms with Crippen LogP contribution in [0.5, 0.6) is 0 Å². The van der Waals surface area contributed by atoms with Gasteiger partial charge in [0.25, 0.3) is 5.69 Å². The second kappa shape index (κ2) is 4.59. The fraction of sp³-hybridized carbons (Fsp3) is 0.273. The Morgan fingerprint density at radius 3 is 2.60 bits per heavy atom. The third-order valence-electron chi connectivity index (χ3n) is 2.00. The third-order valence-corrected chi connectivity index (χ3v) is 2.00. The number of aryl methyl sites for hydroxylation is 1. The first-order valence-electron chi connectivity index (χ1n) is 4.61. The van der Waals surface area contributed by atoms with Gasteiger partial charge in [0.2, 0.25) is 0 Å². The normalized spacial score (nSPS) is 10.6. The first-order valence-corrected chi connectivity index (χ1v) is 4.61. The fourth-order valence-electron chi connectivity index (χ4n) is 1.29. The molecule has 0 bridgehead atoms. The summed E-state index contributed by atoms with van der Waals surface area (Å²) < 4.78 is 0. The number of benzene rings is 1. The average molecular weight is 206 g/mol. The van der Waals surface area contributed by atoms with Crippen LogP contribution in [-0.2, 0) is 0 Å². The molecule has 0 heterocycles. The van der Waals surface area contributed by atoms with E-state index in [9.17, 15) is 10.1 Å². The van der Waals surface area contributed by atoms with Crippen LogP contribution in [0, 0.1) is 17.0 Å². The summed E-state index contributed by atoms with van der Waals surface area (Å²) in [5.74, 6) is 0. The molecular formula is C11H14N2O2. The van der Waals surface area contributed by atoms with Crippen molar-refractivity contribution in [2.24, 2.45) is 0 Å². The lowest BCUT2D eigenvalue weighted by Gasteiger charge is -2.04. The van der Waals surface area contributed by atoms with Crippen LogP contribution in [-0.4, -0.2) is 23.9 Å². The van der Waals surface area contributed by atoms with E-state index in [4.69, 9.17) is 0 Å². The van der Waals surface area contributed by atoms with Gasteiger partial charge in [-0.25, -0.2) is 0 Å². The summed E-state index contributed by atoms with van der Waals surface area (Å²) in [5, 5.41) is 10.8. The van der Waals surface area contributed by atoms with Crippen molar-refractivity contribution < 1.29 is 4.92 Å². The minimum absolute atomic E-state index is 0.176. The Morgan fingerprint density at radius 1 is 1.40 bits per heavy atom. The second-order valence-corrected chi connectivity index (χ2v) is 3.55. The van der Waals surface area contributed by atoms with Gasteiger partial charge in [0, 0.05) is 19.7 Å². The van der Waals surface area contributed by atoms with Crippen LogP contribution >= 0.6 is 0 Å². The van der Waals surface area contributed by atoms with Gasteiger partial charge in [0.05, 0.1) is 10.5 Å². The summed E-state index contributed by atoms with van der Waals surface area (Å²) >= 11 is 0. The number of nitro benzene ring substituents is 1. The molecule has 1 rings (SSSR count). The topological polar surface area (TPSA) is 46.4 Å². The molecule has 0 atom stereocenters. The Kier molecular flexibility index (Phi) is 3.44. The molecular weight excluding hydrogens is 192 g/mol. The van der Waals surface area contributed by atoms with E-state index in [-0.39, 0.29) is 10.6 Å². The number of hydrogen-bond acceptors (Lipinski definition) is 3. The summed E-state index contributed by atoms with van der Waals surface area (Å²) in [6.07, 6.45) is 3.53. The van der Waals surface area contributed by atoms with Crippen molar-refractivity contribution in [1.29, 1.82) is 0 Å². The average Bonchev–Trinajstić information content (AvgIpc) is 2.13. The van der Waals surface area contributed by atoms with Crippen molar-refractivity contribution >= 4 is 11.8 Å². The van der Waals surface area contributed by atoms with Crippen LogP contribution in [0.2, 0.25) is 0 Å². The first kappa shape index (κ1) is 11.2. The van der Waals surface area contributed by atoms with Crippen LogP contribution in [0.15, 0.2) is 24.4 Å². The molecule has 1 aromatic rings. The van der Waals surface area contributed by atoms with E-state index in [1.54, 1.807) is 31.3 Å². The highest BCUT2D eigenvalue weighted by atomic mass is 16.6. The quantitative estimate of drug-likeness (QED) is 0.563. The Labute approximate surface area is 89.0 Å². The minimum atomic E-state index is -0.343. The lowest BCUT2D eigenvalue weighted by molar-refractivity contribution is -0.385. The summed E-state index contributed by atoms with van der Waals surface area (Å²) in [5.41, 5.74) is 1.49. The van der Waals surface area contributed by atoms with Crippen LogP contribution < -0.4 is 0 Å². The summed E-state index contributed by atoms with van der Waals surface area (Å²) in [6, 6.07) is 5.30. The van der Waals surface area contributed by atoms with E-state index >= 15 is 0 Å². The molecule has 80 valence electrons.